The normalized spacial score (nSPS) is 15.8. The van der Waals surface area contributed by atoms with Crippen molar-refractivity contribution >= 4 is 23.2 Å². The highest BCUT2D eigenvalue weighted by atomic mass is 35.5. The first-order chi connectivity index (χ1) is 10.1. The quantitative estimate of drug-likeness (QED) is 0.817. The first-order valence-corrected chi connectivity index (χ1v) is 7.40. The predicted octanol–water partition coefficient (Wildman–Crippen LogP) is 4.43. The van der Waals surface area contributed by atoms with Gasteiger partial charge in [0, 0.05) is 17.7 Å². The fourth-order valence-corrected chi connectivity index (χ4v) is 2.93. The van der Waals surface area contributed by atoms with Crippen LogP contribution >= 0.6 is 11.6 Å². The van der Waals surface area contributed by atoms with Gasteiger partial charge in [-0.25, -0.2) is 4.39 Å². The van der Waals surface area contributed by atoms with Crippen molar-refractivity contribution in [3.05, 3.63) is 65.0 Å². The summed E-state index contributed by atoms with van der Waals surface area (Å²) in [6, 6.07) is 12.2. The standard InChI is InChI=1S/C17H15ClFNO/c18-17(13-5-1-2-6-14(13)19)12-8-9-15-11(10-12)4-3-7-16(21)20-15/h1-2,5-6,8-10,17H,3-4,7H2,(H,20,21). The summed E-state index contributed by atoms with van der Waals surface area (Å²) in [5.41, 5.74) is 3.20. The van der Waals surface area contributed by atoms with E-state index in [1.54, 1.807) is 18.2 Å². The molecule has 1 aliphatic heterocycles. The van der Waals surface area contributed by atoms with Gasteiger partial charge < -0.3 is 5.32 Å². The van der Waals surface area contributed by atoms with Crippen molar-refractivity contribution in [3.63, 3.8) is 0 Å². The average molecular weight is 304 g/mol. The minimum Gasteiger partial charge on any atom is -0.326 e. The van der Waals surface area contributed by atoms with Crippen LogP contribution in [0.15, 0.2) is 42.5 Å². The first kappa shape index (κ1) is 14.1. The number of rotatable bonds is 2. The highest BCUT2D eigenvalue weighted by molar-refractivity contribution is 6.22. The van der Waals surface area contributed by atoms with Gasteiger partial charge in [0.05, 0.1) is 5.38 Å². The number of benzene rings is 2. The molecule has 21 heavy (non-hydrogen) atoms. The van der Waals surface area contributed by atoms with E-state index in [0.717, 1.165) is 29.7 Å². The third-order valence-electron chi connectivity index (χ3n) is 3.72. The van der Waals surface area contributed by atoms with Gasteiger partial charge in [-0.1, -0.05) is 30.3 Å². The van der Waals surface area contributed by atoms with Crippen molar-refractivity contribution < 1.29 is 9.18 Å². The molecule has 1 heterocycles. The number of halogens is 2. The third kappa shape index (κ3) is 2.93. The Bertz CT molecular complexity index is 686. The summed E-state index contributed by atoms with van der Waals surface area (Å²) in [6.45, 7) is 0. The van der Waals surface area contributed by atoms with Crippen molar-refractivity contribution in [2.45, 2.75) is 24.6 Å². The van der Waals surface area contributed by atoms with E-state index in [0.29, 0.717) is 12.0 Å². The van der Waals surface area contributed by atoms with Crippen LogP contribution in [-0.2, 0) is 11.2 Å². The van der Waals surface area contributed by atoms with Crippen molar-refractivity contribution in [1.82, 2.24) is 0 Å². The van der Waals surface area contributed by atoms with E-state index in [9.17, 15) is 9.18 Å². The van der Waals surface area contributed by atoms with Gasteiger partial charge in [-0.05, 0) is 36.1 Å². The topological polar surface area (TPSA) is 29.1 Å². The number of hydrogen-bond acceptors (Lipinski definition) is 1. The number of carbonyl (C=O) groups is 1. The zero-order chi connectivity index (χ0) is 14.8. The highest BCUT2D eigenvalue weighted by Gasteiger charge is 2.18. The van der Waals surface area contributed by atoms with Crippen LogP contribution in [0.1, 0.15) is 34.9 Å². The molecule has 108 valence electrons. The van der Waals surface area contributed by atoms with Gasteiger partial charge in [0.15, 0.2) is 0 Å². The molecule has 2 nitrogen and oxygen atoms in total. The van der Waals surface area contributed by atoms with Gasteiger partial charge in [-0.3, -0.25) is 4.79 Å². The molecule has 1 aliphatic rings. The molecule has 2 aromatic rings. The minimum absolute atomic E-state index is 0.0398. The van der Waals surface area contributed by atoms with E-state index < -0.39 is 5.38 Å². The molecule has 0 saturated carbocycles. The van der Waals surface area contributed by atoms with Gasteiger partial charge in [0.1, 0.15) is 5.82 Å². The molecule has 0 fully saturated rings. The lowest BCUT2D eigenvalue weighted by Gasteiger charge is -2.14. The molecular weight excluding hydrogens is 289 g/mol. The molecule has 0 aromatic heterocycles. The Balaban J connectivity index is 1.95. The van der Waals surface area contributed by atoms with Gasteiger partial charge >= 0.3 is 0 Å². The fourth-order valence-electron chi connectivity index (χ4n) is 2.61. The van der Waals surface area contributed by atoms with Crippen LogP contribution in [0.2, 0.25) is 0 Å². The Kier molecular flexibility index (Phi) is 3.93. The molecule has 1 amide bonds. The number of anilines is 1. The SMILES string of the molecule is O=C1CCCc2cc(C(Cl)c3ccccc3F)ccc2N1. The molecule has 1 unspecified atom stereocenters. The van der Waals surface area contributed by atoms with Crippen molar-refractivity contribution in [2.75, 3.05) is 5.32 Å². The Morgan fingerprint density at radius 3 is 2.76 bits per heavy atom. The third-order valence-corrected chi connectivity index (χ3v) is 4.21. The second-order valence-electron chi connectivity index (χ2n) is 5.20. The highest BCUT2D eigenvalue weighted by Crippen LogP contribution is 2.33. The summed E-state index contributed by atoms with van der Waals surface area (Å²) in [7, 11) is 0. The zero-order valence-corrected chi connectivity index (χ0v) is 12.2. The number of fused-ring (bicyclic) bond motifs is 1. The van der Waals surface area contributed by atoms with Crippen molar-refractivity contribution in [1.29, 1.82) is 0 Å². The van der Waals surface area contributed by atoms with E-state index in [1.807, 2.05) is 18.2 Å². The molecule has 0 aliphatic carbocycles. The number of carbonyl (C=O) groups excluding carboxylic acids is 1. The first-order valence-electron chi connectivity index (χ1n) is 6.96. The number of hydrogen-bond donors (Lipinski definition) is 1. The lowest BCUT2D eigenvalue weighted by molar-refractivity contribution is -0.116. The molecule has 2 aromatic carbocycles. The fraction of sp³-hybridized carbons (Fsp3) is 0.235. The van der Waals surface area contributed by atoms with E-state index in [1.165, 1.54) is 6.07 Å². The molecule has 1 atom stereocenters. The van der Waals surface area contributed by atoms with Crippen LogP contribution in [0.4, 0.5) is 10.1 Å². The summed E-state index contributed by atoms with van der Waals surface area (Å²) in [6.07, 6.45) is 2.17. The molecule has 0 spiro atoms. The maximum Gasteiger partial charge on any atom is 0.224 e. The molecule has 3 rings (SSSR count). The molecule has 0 radical (unpaired) electrons. The van der Waals surface area contributed by atoms with Crippen LogP contribution in [0.5, 0.6) is 0 Å². The van der Waals surface area contributed by atoms with E-state index in [-0.39, 0.29) is 11.7 Å². The Hall–Kier alpha value is -1.87. The number of amides is 1. The van der Waals surface area contributed by atoms with Gasteiger partial charge in [-0.15, -0.1) is 11.6 Å². The van der Waals surface area contributed by atoms with Crippen molar-refractivity contribution in [3.8, 4) is 0 Å². The summed E-state index contributed by atoms with van der Waals surface area (Å²) < 4.78 is 13.8. The van der Waals surface area contributed by atoms with E-state index >= 15 is 0 Å². The molecular formula is C17H15ClFNO. The Morgan fingerprint density at radius 2 is 1.95 bits per heavy atom. The number of nitrogens with one attached hydrogen (secondary N) is 1. The van der Waals surface area contributed by atoms with Crippen molar-refractivity contribution in [2.24, 2.45) is 0 Å². The van der Waals surface area contributed by atoms with Crippen LogP contribution < -0.4 is 5.32 Å². The largest absolute Gasteiger partial charge is 0.326 e. The summed E-state index contributed by atoms with van der Waals surface area (Å²) >= 11 is 6.42. The summed E-state index contributed by atoms with van der Waals surface area (Å²) in [5, 5.41) is 2.35. The lowest BCUT2D eigenvalue weighted by Crippen LogP contribution is -2.09. The monoisotopic (exact) mass is 303 g/mol. The maximum absolute atomic E-state index is 13.8. The second-order valence-corrected chi connectivity index (χ2v) is 5.64. The average Bonchev–Trinajstić information content (AvgIpc) is 2.67. The van der Waals surface area contributed by atoms with Crippen LogP contribution in [0.25, 0.3) is 0 Å². The Morgan fingerprint density at radius 1 is 1.14 bits per heavy atom. The van der Waals surface area contributed by atoms with Crippen LogP contribution in [0, 0.1) is 5.82 Å². The van der Waals surface area contributed by atoms with Crippen LogP contribution in [0.3, 0.4) is 0 Å². The zero-order valence-electron chi connectivity index (χ0n) is 11.4. The predicted molar refractivity (Wildman–Crippen MR) is 82.1 cm³/mol. The Labute approximate surface area is 127 Å². The minimum atomic E-state index is -0.532. The second kappa shape index (κ2) is 5.86. The molecule has 1 N–H and O–H groups in total. The molecule has 4 heteroatoms. The lowest BCUT2D eigenvalue weighted by atomic mass is 9.99. The van der Waals surface area contributed by atoms with Gasteiger partial charge in [0.25, 0.3) is 0 Å². The maximum atomic E-state index is 13.8. The number of alkyl halides is 1. The van der Waals surface area contributed by atoms with Gasteiger partial charge in [0.2, 0.25) is 5.91 Å². The molecule has 0 saturated heterocycles. The molecule has 0 bridgehead atoms. The van der Waals surface area contributed by atoms with E-state index in [4.69, 9.17) is 11.6 Å². The summed E-state index contributed by atoms with van der Waals surface area (Å²) in [4.78, 5) is 11.5. The summed E-state index contributed by atoms with van der Waals surface area (Å²) in [5.74, 6) is -0.265. The number of aryl methyl sites for hydroxylation is 1. The van der Waals surface area contributed by atoms with Gasteiger partial charge in [-0.2, -0.15) is 0 Å². The smallest absolute Gasteiger partial charge is 0.224 e. The van der Waals surface area contributed by atoms with E-state index in [2.05, 4.69) is 5.32 Å². The van der Waals surface area contributed by atoms with Crippen LogP contribution in [-0.4, -0.2) is 5.91 Å².